The third kappa shape index (κ3) is 3.63. The molecule has 0 N–H and O–H groups in total. The maximum absolute atomic E-state index is 8.82. The molecule has 1 aromatic carbocycles. The number of pyridine rings is 1. The molecule has 0 spiro atoms. The molecule has 0 aliphatic heterocycles. The second-order valence-electron chi connectivity index (χ2n) is 7.43. The fourth-order valence-corrected chi connectivity index (χ4v) is 5.35. The van der Waals surface area contributed by atoms with Gasteiger partial charge in [0, 0.05) is 0 Å². The predicted octanol–water partition coefficient (Wildman–Crippen LogP) is 5.34. The molecule has 116 valence electrons. The van der Waals surface area contributed by atoms with Crippen LogP contribution in [-0.2, 0) is 0 Å². The molecule has 0 saturated heterocycles. The van der Waals surface area contributed by atoms with E-state index in [9.17, 15) is 0 Å². The molecule has 0 radical (unpaired) electrons. The molecule has 22 heavy (non-hydrogen) atoms. The quantitative estimate of drug-likeness (QED) is 0.678. The van der Waals surface area contributed by atoms with Crippen LogP contribution in [0.1, 0.15) is 44.9 Å². The van der Waals surface area contributed by atoms with Crippen LogP contribution < -0.4 is 4.40 Å². The summed E-state index contributed by atoms with van der Waals surface area (Å²) in [5.74, 6) is 6.79. The van der Waals surface area contributed by atoms with Crippen LogP contribution in [0.4, 0.5) is 0 Å². The first kappa shape index (κ1) is 14.5. The van der Waals surface area contributed by atoms with Gasteiger partial charge in [-0.2, -0.15) is 0 Å². The molecule has 0 atom stereocenters. The molecular formula is C20H27GeN. The van der Waals surface area contributed by atoms with Crippen molar-refractivity contribution in [1.29, 1.82) is 0 Å². The van der Waals surface area contributed by atoms with Crippen LogP contribution in [0.25, 0.3) is 11.3 Å². The first-order chi connectivity index (χ1) is 10.9. The first-order valence-electron chi connectivity index (χ1n) is 8.96. The Hall–Kier alpha value is -1.09. The van der Waals surface area contributed by atoms with Crippen molar-refractivity contribution >= 4 is 17.7 Å². The summed E-state index contributed by atoms with van der Waals surface area (Å²) in [6, 6.07) is 12.9. The molecule has 2 heteroatoms. The van der Waals surface area contributed by atoms with Gasteiger partial charge >= 0.3 is 139 Å². The van der Waals surface area contributed by atoms with Gasteiger partial charge in [0.25, 0.3) is 0 Å². The minimum absolute atomic E-state index is 0.394. The molecule has 1 aliphatic rings. The van der Waals surface area contributed by atoms with Crippen molar-refractivity contribution < 1.29 is 1.37 Å². The summed E-state index contributed by atoms with van der Waals surface area (Å²) in [5.41, 5.74) is 3.34. The summed E-state index contributed by atoms with van der Waals surface area (Å²) >= 11 is -1.80. The predicted molar refractivity (Wildman–Crippen MR) is 98.5 cm³/mol. The SMILES string of the molecule is [2H]C1(c2cccc(-c3cc[c]([Ge]([CH3])([CH3])[CH3])cn3)c2)CCCCC1. The molecule has 3 rings (SSSR count). The van der Waals surface area contributed by atoms with Crippen molar-refractivity contribution in [3.63, 3.8) is 0 Å². The Balaban J connectivity index is 1.90. The molecule has 0 amide bonds. The van der Waals surface area contributed by atoms with Crippen LogP contribution in [-0.4, -0.2) is 18.3 Å². The summed E-state index contributed by atoms with van der Waals surface area (Å²) in [4.78, 5) is 4.71. The number of aromatic nitrogens is 1. The number of benzene rings is 1. The van der Waals surface area contributed by atoms with E-state index in [4.69, 9.17) is 6.35 Å². The Morgan fingerprint density at radius 1 is 1.05 bits per heavy atom. The van der Waals surface area contributed by atoms with Crippen molar-refractivity contribution in [3.05, 3.63) is 48.2 Å². The zero-order valence-corrected chi connectivity index (χ0v) is 16.1. The van der Waals surface area contributed by atoms with E-state index in [1.807, 2.05) is 0 Å². The zero-order valence-electron chi connectivity index (χ0n) is 15.0. The Kier molecular flexibility index (Phi) is 4.33. The van der Waals surface area contributed by atoms with Gasteiger partial charge in [-0.3, -0.25) is 0 Å². The maximum atomic E-state index is 8.82. The van der Waals surface area contributed by atoms with Crippen molar-refractivity contribution in [1.82, 2.24) is 4.98 Å². The minimum atomic E-state index is -1.80. The molecule has 0 bridgehead atoms. The summed E-state index contributed by atoms with van der Waals surface area (Å²) in [6.07, 6.45) is 7.68. The van der Waals surface area contributed by atoms with Crippen molar-refractivity contribution in [2.24, 2.45) is 0 Å². The van der Waals surface area contributed by atoms with Gasteiger partial charge in [0.1, 0.15) is 0 Å². The van der Waals surface area contributed by atoms with E-state index in [1.165, 1.54) is 23.7 Å². The molecule has 1 aliphatic carbocycles. The standard InChI is InChI=1S/C20H27GeN/c1-21(2,3)19-12-13-20(22-15-19)18-11-7-10-17(14-18)16-8-5-4-6-9-16/h7,10-16H,4-6,8-9H2,1-3H3/i16D. The van der Waals surface area contributed by atoms with Crippen LogP contribution in [0, 0.1) is 0 Å². The third-order valence-corrected chi connectivity index (χ3v) is 8.91. The van der Waals surface area contributed by atoms with Gasteiger partial charge < -0.3 is 0 Å². The normalized spacial score (nSPS) is 18.8. The van der Waals surface area contributed by atoms with Crippen LogP contribution >= 0.6 is 0 Å². The van der Waals surface area contributed by atoms with E-state index in [-0.39, 0.29) is 0 Å². The van der Waals surface area contributed by atoms with Crippen LogP contribution in [0.5, 0.6) is 0 Å². The van der Waals surface area contributed by atoms with Gasteiger partial charge in [0.2, 0.25) is 0 Å². The van der Waals surface area contributed by atoms with Crippen LogP contribution in [0.2, 0.25) is 17.3 Å². The summed E-state index contributed by atoms with van der Waals surface area (Å²) in [5, 5.41) is 0. The van der Waals surface area contributed by atoms with E-state index in [1.54, 1.807) is 0 Å². The van der Waals surface area contributed by atoms with Crippen molar-refractivity contribution in [2.45, 2.75) is 55.3 Å². The van der Waals surface area contributed by atoms with Crippen LogP contribution in [0.15, 0.2) is 42.6 Å². The molecule has 1 saturated carbocycles. The average Bonchev–Trinajstić information content (AvgIpc) is 2.55. The molecule has 1 fully saturated rings. The Morgan fingerprint density at radius 3 is 2.45 bits per heavy atom. The molecule has 0 unspecified atom stereocenters. The molecule has 1 aromatic heterocycles. The van der Waals surface area contributed by atoms with Gasteiger partial charge in [0.15, 0.2) is 0 Å². The Labute approximate surface area is 138 Å². The summed E-state index contributed by atoms with van der Waals surface area (Å²) < 4.78 is 10.3. The van der Waals surface area contributed by atoms with Gasteiger partial charge in [-0.25, -0.2) is 0 Å². The zero-order chi connectivity index (χ0) is 16.5. The van der Waals surface area contributed by atoms with Gasteiger partial charge in [0.05, 0.1) is 0 Å². The topological polar surface area (TPSA) is 12.9 Å². The number of hydrogen-bond acceptors (Lipinski definition) is 1. The fourth-order valence-electron chi connectivity index (χ4n) is 3.17. The second kappa shape index (κ2) is 6.58. The fraction of sp³-hybridized carbons (Fsp3) is 0.450. The molecule has 1 heterocycles. The number of nitrogens with zero attached hydrogens (tertiary/aromatic N) is 1. The molecule has 1 nitrogen and oxygen atoms in total. The Morgan fingerprint density at radius 2 is 1.82 bits per heavy atom. The van der Waals surface area contributed by atoms with Crippen molar-refractivity contribution in [2.75, 3.05) is 0 Å². The summed E-state index contributed by atoms with van der Waals surface area (Å²) in [7, 11) is 0. The molecule has 2 aromatic rings. The van der Waals surface area contributed by atoms with E-state index >= 15 is 0 Å². The van der Waals surface area contributed by atoms with Gasteiger partial charge in [-0.05, 0) is 0 Å². The van der Waals surface area contributed by atoms with Crippen LogP contribution in [0.3, 0.4) is 0 Å². The monoisotopic (exact) mass is 356 g/mol. The Bertz CT molecular complexity index is 667. The van der Waals surface area contributed by atoms with E-state index in [0.717, 1.165) is 29.7 Å². The number of hydrogen-bond donors (Lipinski definition) is 0. The van der Waals surface area contributed by atoms with Gasteiger partial charge in [-0.15, -0.1) is 0 Å². The first-order valence-corrected chi connectivity index (χ1v) is 15.8. The molecular weight excluding hydrogens is 327 g/mol. The summed E-state index contributed by atoms with van der Waals surface area (Å²) in [6.45, 7) is 0. The second-order valence-corrected chi connectivity index (χ2v) is 18.1. The van der Waals surface area contributed by atoms with E-state index < -0.39 is 19.2 Å². The van der Waals surface area contributed by atoms with E-state index in [2.05, 4.69) is 59.9 Å². The van der Waals surface area contributed by atoms with Gasteiger partial charge in [-0.1, -0.05) is 0 Å². The number of rotatable bonds is 3. The van der Waals surface area contributed by atoms with Crippen molar-refractivity contribution in [3.8, 4) is 11.3 Å². The third-order valence-electron chi connectivity index (χ3n) is 4.65. The average molecular weight is 355 g/mol. The van der Waals surface area contributed by atoms with E-state index in [0.29, 0.717) is 0 Å².